The first-order valence-electron chi connectivity index (χ1n) is 29.6. The summed E-state index contributed by atoms with van der Waals surface area (Å²) in [6.07, 6.45) is 5.61. The molecule has 0 atom stereocenters. The number of benzene rings is 6. The Hall–Kier alpha value is -8.07. The van der Waals surface area contributed by atoms with E-state index in [1.807, 2.05) is 37.6 Å². The van der Waals surface area contributed by atoms with Crippen LogP contribution in [0.5, 0.6) is 34.5 Å². The molecule has 0 bridgehead atoms. The Morgan fingerprint density at radius 1 is 0.419 bits per heavy atom. The van der Waals surface area contributed by atoms with Crippen LogP contribution in [0.4, 0.5) is 47.3 Å². The molecule has 0 fully saturated rings. The van der Waals surface area contributed by atoms with Crippen LogP contribution in [0.3, 0.4) is 0 Å². The Bertz CT molecular complexity index is 3620. The van der Waals surface area contributed by atoms with Gasteiger partial charge in [-0.25, -0.2) is 0 Å². The second-order valence-corrected chi connectivity index (χ2v) is 24.5. The van der Waals surface area contributed by atoms with Gasteiger partial charge >= 0.3 is 6.18 Å². The first-order valence-corrected chi connectivity index (χ1v) is 29.6. The predicted octanol–water partition coefficient (Wildman–Crippen LogP) is 16.5. The highest BCUT2D eigenvalue weighted by molar-refractivity contribution is 5.67. The fraction of sp³-hybridized carbons (Fsp3) is 0.408. The lowest BCUT2D eigenvalue weighted by Gasteiger charge is -2.07. The molecule has 0 saturated heterocycles. The molecule has 6 aliphatic rings. The molecule has 6 heterocycles. The minimum Gasteiger partial charge on any atom is -0.429 e. The van der Waals surface area contributed by atoms with E-state index in [1.165, 1.54) is 78.4 Å². The molecular formula is C71H91F3N6O6+6. The van der Waals surface area contributed by atoms with Crippen LogP contribution in [0.25, 0.3) is 0 Å². The van der Waals surface area contributed by atoms with Gasteiger partial charge in [-0.2, -0.15) is 40.6 Å². The van der Waals surface area contributed by atoms with Crippen LogP contribution < -0.4 is 28.4 Å². The maximum absolute atomic E-state index is 12.2. The lowest BCUT2D eigenvalue weighted by Crippen LogP contribution is -2.19. The maximum atomic E-state index is 12.2. The number of alkyl halides is 3. The summed E-state index contributed by atoms with van der Waals surface area (Å²) < 4.78 is 81.7. The standard InChI is InChI=1S/C14H20NO.C13H18NO.C12H16NO.C11H11F3NO.C11H14NO.C10H12NO/c1-10-6-11(2)13-12(7-10)15(9-16-13)8-14(3,4)5;1-9(2)7-14-8-15-13-11(4)5-10(3)6-12(13)14;1-4-5-13-8-14-12-10(3)6-9(2)7-11(12)13;1-7-3-8(2)10-9(4-7)15(6-16-10)5-11(12,13)14;1-4-12-7-13-11-9(3)5-8(2)6-10(11)12;1-7-4-8(2)10-9(5-7)11(3)6-12-10/h6-8H,9H2,1-5H3;5-7,9H,8H2,1-4H3;5-7H,4,8H2,1-3H3;3-5H,6H2,1-2H3;4-6H,7H2,1-3H3;4-5H,3,6H2,1-2H3/q6*+1/b15-8-;14-7-;13-5-;15-5-;12-4-;. The molecule has 6 aromatic carbocycles. The van der Waals surface area contributed by atoms with Crippen LogP contribution in [0.15, 0.2) is 72.8 Å². The van der Waals surface area contributed by atoms with E-state index < -0.39 is 6.18 Å². The van der Waals surface area contributed by atoms with Crippen LogP contribution in [0.2, 0.25) is 0 Å². The molecule has 0 amide bonds. The zero-order valence-electron chi connectivity index (χ0n) is 54.3. The van der Waals surface area contributed by atoms with Gasteiger partial charge in [0.25, 0.3) is 80.7 Å². The summed E-state index contributed by atoms with van der Waals surface area (Å²) in [6.45, 7) is 46.8. The van der Waals surface area contributed by atoms with Gasteiger partial charge in [0.2, 0.25) is 34.5 Å². The Morgan fingerprint density at radius 3 is 1.03 bits per heavy atom. The number of hydrogen-bond acceptors (Lipinski definition) is 6. The molecule has 6 aliphatic heterocycles. The zero-order chi connectivity index (χ0) is 63.1. The minimum atomic E-state index is -4.33. The van der Waals surface area contributed by atoms with E-state index in [9.17, 15) is 13.2 Å². The van der Waals surface area contributed by atoms with E-state index >= 15 is 0 Å². The molecule has 6 aromatic rings. The monoisotopic (exact) mass is 1180 g/mol. The third-order valence-corrected chi connectivity index (χ3v) is 14.4. The van der Waals surface area contributed by atoms with Crippen molar-refractivity contribution in [3.8, 4) is 34.5 Å². The van der Waals surface area contributed by atoms with Gasteiger partial charge in [0.05, 0.1) is 0 Å². The van der Waals surface area contributed by atoms with Gasteiger partial charge in [0, 0.05) is 61.1 Å². The zero-order valence-corrected chi connectivity index (χ0v) is 54.3. The summed E-state index contributed by atoms with van der Waals surface area (Å²) in [7, 11) is 0. The summed E-state index contributed by atoms with van der Waals surface area (Å²) in [5.74, 6) is 6.20. The van der Waals surface area contributed by atoms with Gasteiger partial charge in [-0.1, -0.05) is 77.9 Å². The number of hydrogen-bond donors (Lipinski definition) is 0. The van der Waals surface area contributed by atoms with Crippen LogP contribution in [-0.2, 0) is 0 Å². The first-order chi connectivity index (χ1) is 40.4. The predicted molar refractivity (Wildman–Crippen MR) is 342 cm³/mol. The van der Waals surface area contributed by atoms with Crippen LogP contribution in [0.1, 0.15) is 122 Å². The van der Waals surface area contributed by atoms with Crippen molar-refractivity contribution in [2.24, 2.45) is 11.3 Å². The molecule has 0 aromatic heterocycles. The second kappa shape index (κ2) is 27.5. The quantitative estimate of drug-likeness (QED) is 0.161. The second-order valence-electron chi connectivity index (χ2n) is 24.5. The van der Waals surface area contributed by atoms with Crippen molar-refractivity contribution in [3.05, 3.63) is 140 Å². The van der Waals surface area contributed by atoms with E-state index in [4.69, 9.17) is 28.4 Å². The number of nitrogens with zero attached hydrogens (tertiary/aromatic N) is 6. The fourth-order valence-corrected chi connectivity index (χ4v) is 11.2. The highest BCUT2D eigenvalue weighted by atomic mass is 19.4. The van der Waals surface area contributed by atoms with Crippen molar-refractivity contribution < 1.29 is 69.0 Å². The molecular weight excluding hydrogens is 1090 g/mol. The normalized spacial score (nSPS) is 16.8. The molecule has 15 heteroatoms. The highest BCUT2D eigenvalue weighted by Crippen LogP contribution is 2.41. The molecule has 0 N–H and O–H groups in total. The van der Waals surface area contributed by atoms with Crippen molar-refractivity contribution in [3.63, 3.8) is 0 Å². The summed E-state index contributed by atoms with van der Waals surface area (Å²) in [4.78, 5) is 0. The minimum absolute atomic E-state index is 0.0842. The Labute approximate surface area is 508 Å². The number of ether oxygens (including phenoxy) is 6. The number of halogens is 3. The number of fused-ring (bicyclic) bond motifs is 6. The summed E-state index contributed by atoms with van der Waals surface area (Å²) in [5.41, 5.74) is 20.8. The average Bonchev–Trinajstić information content (AvgIpc) is 3.23. The van der Waals surface area contributed by atoms with Gasteiger partial charge in [0.15, 0.2) is 12.4 Å². The molecule has 456 valence electrons. The molecule has 0 aliphatic carbocycles. The van der Waals surface area contributed by atoms with E-state index in [0.29, 0.717) is 51.0 Å². The number of aryl methyl sites for hydroxylation is 12. The molecule has 0 unspecified atom stereocenters. The summed E-state index contributed by atoms with van der Waals surface area (Å²) in [6, 6.07) is 25.2. The third-order valence-electron chi connectivity index (χ3n) is 14.4. The molecule has 0 spiro atoms. The smallest absolute Gasteiger partial charge is 0.429 e. The molecule has 86 heavy (non-hydrogen) atoms. The lowest BCUT2D eigenvalue weighted by molar-refractivity contribution is -0.460. The van der Waals surface area contributed by atoms with Crippen LogP contribution in [0, 0.1) is 94.4 Å². The van der Waals surface area contributed by atoms with Crippen molar-refractivity contribution in [1.29, 1.82) is 0 Å². The largest absolute Gasteiger partial charge is 0.469 e. The van der Waals surface area contributed by atoms with E-state index in [2.05, 4.69) is 215 Å². The SMILES string of the molecule is C/C=[N+]1/COc2c(C)cc(C)cc21.C=[N+]1COc2c(C)cc(C)cc21.CC/C=[N+]1/COc2c(C)cc(C)cc21.Cc1cc(C)c2c(c1)/[N+](=C\C(C)(C)C)CO2.Cc1cc(C)c2c(c1)/[N+](=C\C(C)C)CO2.Cc1cc(C)c2c(c1)/[N+](=C\C(F)(F)F)CO2. The van der Waals surface area contributed by atoms with Crippen molar-refractivity contribution in [2.45, 2.75) is 144 Å². The van der Waals surface area contributed by atoms with Crippen molar-refractivity contribution in [1.82, 2.24) is 0 Å². The van der Waals surface area contributed by atoms with Gasteiger partial charge in [-0.15, -0.1) is 0 Å². The van der Waals surface area contributed by atoms with Gasteiger partial charge in [0.1, 0.15) is 19.1 Å². The Kier molecular flexibility index (Phi) is 21.0. The summed E-state index contributed by atoms with van der Waals surface area (Å²) in [5, 5.41) is 0. The van der Waals surface area contributed by atoms with E-state index in [1.54, 1.807) is 6.07 Å². The van der Waals surface area contributed by atoms with E-state index in [-0.39, 0.29) is 18.4 Å². The van der Waals surface area contributed by atoms with Crippen molar-refractivity contribution in [2.75, 3.05) is 40.4 Å². The maximum Gasteiger partial charge on any atom is 0.469 e. The summed E-state index contributed by atoms with van der Waals surface area (Å²) >= 11 is 0. The Balaban J connectivity index is 0.000000148. The molecule has 0 saturated carbocycles. The van der Waals surface area contributed by atoms with Gasteiger partial charge in [-0.05, 0) is 150 Å². The van der Waals surface area contributed by atoms with E-state index in [0.717, 1.165) is 56.6 Å². The highest BCUT2D eigenvalue weighted by Gasteiger charge is 2.37. The lowest BCUT2D eigenvalue weighted by atomic mass is 9.99. The fourth-order valence-electron chi connectivity index (χ4n) is 11.2. The molecule has 12 rings (SSSR count). The molecule has 0 radical (unpaired) electrons. The van der Waals surface area contributed by atoms with Crippen molar-refractivity contribution >= 4 is 71.9 Å². The van der Waals surface area contributed by atoms with Gasteiger partial charge < -0.3 is 28.4 Å². The topological polar surface area (TPSA) is 73.4 Å². The number of rotatable bonds is 2. The molecule has 12 nitrogen and oxygen atoms in total. The van der Waals surface area contributed by atoms with Gasteiger partial charge in [-0.3, -0.25) is 0 Å². The van der Waals surface area contributed by atoms with Crippen LogP contribution in [-0.4, -0.2) is 112 Å². The average molecular weight is 1180 g/mol. The first kappa shape index (κ1) is 65.5. The third kappa shape index (κ3) is 16.5. The van der Waals surface area contributed by atoms with Crippen LogP contribution >= 0.6 is 0 Å². The Morgan fingerprint density at radius 2 is 0.698 bits per heavy atom.